The summed E-state index contributed by atoms with van der Waals surface area (Å²) in [6.45, 7) is 1.94. The Bertz CT molecular complexity index is 539. The number of hydrogen-bond acceptors (Lipinski definition) is 4. The average molecular weight is 263 g/mol. The van der Waals surface area contributed by atoms with Crippen LogP contribution in [0.5, 0.6) is 0 Å². The van der Waals surface area contributed by atoms with Crippen molar-refractivity contribution in [1.82, 2.24) is 4.90 Å². The molecule has 1 aliphatic heterocycles. The normalized spacial score (nSPS) is 24.2. The summed E-state index contributed by atoms with van der Waals surface area (Å²) in [4.78, 5) is 2.19. The molecule has 1 aromatic heterocycles. The first-order chi connectivity index (χ1) is 8.75. The topological polar surface area (TPSA) is 32.7 Å². The number of benzene rings is 1. The number of nitrogens with zero attached hydrogens (tertiary/aromatic N) is 1. The summed E-state index contributed by atoms with van der Waals surface area (Å²) < 4.78 is 6.63. The fourth-order valence-electron chi connectivity index (χ4n) is 2.49. The Morgan fingerprint density at radius 3 is 3.00 bits per heavy atom. The van der Waals surface area contributed by atoms with Gasteiger partial charge in [-0.1, -0.05) is 18.2 Å². The Hall–Kier alpha value is -0.940. The van der Waals surface area contributed by atoms with Crippen LogP contribution in [-0.2, 0) is 11.3 Å². The highest BCUT2D eigenvalue weighted by Crippen LogP contribution is 2.27. The molecule has 0 radical (unpaired) electrons. The molecule has 0 saturated carbocycles. The minimum absolute atomic E-state index is 0.115. The molecular weight excluding hydrogens is 246 g/mol. The quantitative estimate of drug-likeness (QED) is 0.920. The Labute approximate surface area is 111 Å². The second-order valence-electron chi connectivity index (χ2n) is 4.84. The van der Waals surface area contributed by atoms with Gasteiger partial charge in [-0.2, -0.15) is 0 Å². The van der Waals surface area contributed by atoms with Gasteiger partial charge < -0.3 is 9.84 Å². The zero-order valence-electron chi connectivity index (χ0n) is 10.4. The number of hydrogen-bond donors (Lipinski definition) is 1. The van der Waals surface area contributed by atoms with Crippen molar-refractivity contribution >= 4 is 21.4 Å². The molecule has 1 fully saturated rings. The van der Waals surface area contributed by atoms with Crippen molar-refractivity contribution in [2.45, 2.75) is 18.7 Å². The Kier molecular flexibility index (Phi) is 3.35. The summed E-state index contributed by atoms with van der Waals surface area (Å²) in [6, 6.07) is 8.57. The van der Waals surface area contributed by atoms with Crippen LogP contribution in [0.15, 0.2) is 29.6 Å². The summed E-state index contributed by atoms with van der Waals surface area (Å²) >= 11 is 1.78. The van der Waals surface area contributed by atoms with Crippen molar-refractivity contribution in [2.75, 3.05) is 20.3 Å². The zero-order chi connectivity index (χ0) is 12.5. The van der Waals surface area contributed by atoms with E-state index in [2.05, 4.69) is 41.6 Å². The average Bonchev–Trinajstić information content (AvgIpc) is 2.97. The van der Waals surface area contributed by atoms with Gasteiger partial charge in [0.15, 0.2) is 0 Å². The summed E-state index contributed by atoms with van der Waals surface area (Å²) in [5.41, 5.74) is 1.33. The molecule has 0 bridgehead atoms. The van der Waals surface area contributed by atoms with Gasteiger partial charge in [0.2, 0.25) is 0 Å². The molecule has 1 saturated heterocycles. The van der Waals surface area contributed by atoms with Crippen LogP contribution in [0.4, 0.5) is 0 Å². The third kappa shape index (κ3) is 2.17. The molecule has 3 nitrogen and oxygen atoms in total. The Morgan fingerprint density at radius 1 is 1.39 bits per heavy atom. The number of likely N-dealkylation sites (N-methyl/N-ethyl adjacent to an activating group) is 1. The maximum Gasteiger partial charge on any atom is 0.0950 e. The second kappa shape index (κ2) is 4.97. The molecule has 1 N–H and O–H groups in total. The van der Waals surface area contributed by atoms with Crippen molar-refractivity contribution in [3.05, 3.63) is 35.2 Å². The minimum atomic E-state index is -0.361. The maximum atomic E-state index is 9.84. The molecule has 3 rings (SSSR count). The van der Waals surface area contributed by atoms with Gasteiger partial charge in [-0.05, 0) is 29.4 Å². The van der Waals surface area contributed by atoms with E-state index < -0.39 is 0 Å². The van der Waals surface area contributed by atoms with Crippen molar-refractivity contribution < 1.29 is 9.84 Å². The van der Waals surface area contributed by atoms with E-state index in [4.69, 9.17) is 4.74 Å². The van der Waals surface area contributed by atoms with Gasteiger partial charge in [-0.3, -0.25) is 4.90 Å². The summed E-state index contributed by atoms with van der Waals surface area (Å²) in [5, 5.41) is 13.4. The number of fused-ring (bicyclic) bond motifs is 1. The highest BCUT2D eigenvalue weighted by Gasteiger charge is 2.29. The van der Waals surface area contributed by atoms with E-state index in [1.54, 1.807) is 11.3 Å². The first-order valence-electron chi connectivity index (χ1n) is 6.17. The maximum absolute atomic E-state index is 9.84. The van der Waals surface area contributed by atoms with E-state index in [9.17, 15) is 5.11 Å². The van der Waals surface area contributed by atoms with Gasteiger partial charge in [-0.15, -0.1) is 11.3 Å². The molecule has 0 unspecified atom stereocenters. The highest BCUT2D eigenvalue weighted by molar-refractivity contribution is 7.17. The number of aliphatic hydroxyl groups is 1. The van der Waals surface area contributed by atoms with E-state index in [1.807, 2.05) is 0 Å². The minimum Gasteiger partial charge on any atom is -0.389 e. The van der Waals surface area contributed by atoms with Crippen LogP contribution in [0.1, 0.15) is 5.56 Å². The van der Waals surface area contributed by atoms with E-state index in [0.29, 0.717) is 13.2 Å². The Morgan fingerprint density at radius 2 is 2.22 bits per heavy atom. The zero-order valence-corrected chi connectivity index (χ0v) is 11.2. The van der Waals surface area contributed by atoms with E-state index >= 15 is 0 Å². The molecule has 1 aliphatic rings. The number of rotatable bonds is 3. The van der Waals surface area contributed by atoms with Gasteiger partial charge in [0.25, 0.3) is 0 Å². The number of aliphatic hydroxyl groups excluding tert-OH is 1. The highest BCUT2D eigenvalue weighted by atomic mass is 32.1. The fraction of sp³-hybridized carbons (Fsp3) is 0.429. The number of thiophene rings is 1. The molecule has 0 aliphatic carbocycles. The molecule has 2 aromatic rings. The third-order valence-corrected chi connectivity index (χ3v) is 4.58. The molecule has 18 heavy (non-hydrogen) atoms. The van der Waals surface area contributed by atoms with Crippen LogP contribution in [-0.4, -0.2) is 42.4 Å². The molecular formula is C14H17NO2S. The standard InChI is InChI=1S/C14H17NO2S/c1-15(12-7-17-8-13(12)16)6-10-9-18-14-5-3-2-4-11(10)14/h2-5,9,12-13,16H,6-8H2,1H3/t12-,13-/m1/s1. The van der Waals surface area contributed by atoms with Crippen LogP contribution in [0, 0.1) is 0 Å². The molecule has 2 atom stereocenters. The first-order valence-corrected chi connectivity index (χ1v) is 7.05. The van der Waals surface area contributed by atoms with E-state index in [1.165, 1.54) is 15.6 Å². The van der Waals surface area contributed by atoms with Crippen LogP contribution < -0.4 is 0 Å². The van der Waals surface area contributed by atoms with Gasteiger partial charge in [0.1, 0.15) is 0 Å². The monoisotopic (exact) mass is 263 g/mol. The van der Waals surface area contributed by atoms with Crippen LogP contribution >= 0.6 is 11.3 Å². The van der Waals surface area contributed by atoms with Gasteiger partial charge in [-0.25, -0.2) is 0 Å². The van der Waals surface area contributed by atoms with Crippen LogP contribution in [0.25, 0.3) is 10.1 Å². The van der Waals surface area contributed by atoms with Crippen molar-refractivity contribution in [3.8, 4) is 0 Å². The van der Waals surface area contributed by atoms with E-state index in [0.717, 1.165) is 6.54 Å². The lowest BCUT2D eigenvalue weighted by molar-refractivity contribution is 0.0927. The predicted octanol–water partition coefficient (Wildman–Crippen LogP) is 2.09. The van der Waals surface area contributed by atoms with Crippen LogP contribution in [0.3, 0.4) is 0 Å². The predicted molar refractivity (Wildman–Crippen MR) is 73.9 cm³/mol. The lowest BCUT2D eigenvalue weighted by Gasteiger charge is -2.25. The molecule has 96 valence electrons. The summed E-state index contributed by atoms with van der Waals surface area (Å²) in [7, 11) is 2.05. The smallest absolute Gasteiger partial charge is 0.0950 e. The van der Waals surface area contributed by atoms with Gasteiger partial charge in [0, 0.05) is 11.2 Å². The Balaban J connectivity index is 1.79. The molecule has 0 spiro atoms. The molecule has 0 amide bonds. The van der Waals surface area contributed by atoms with Gasteiger partial charge >= 0.3 is 0 Å². The van der Waals surface area contributed by atoms with Crippen molar-refractivity contribution in [3.63, 3.8) is 0 Å². The summed E-state index contributed by atoms with van der Waals surface area (Å²) in [6.07, 6.45) is -0.361. The van der Waals surface area contributed by atoms with E-state index in [-0.39, 0.29) is 12.1 Å². The first kappa shape index (κ1) is 12.1. The number of ether oxygens (including phenoxy) is 1. The van der Waals surface area contributed by atoms with Crippen LogP contribution in [0.2, 0.25) is 0 Å². The fourth-order valence-corrected chi connectivity index (χ4v) is 3.45. The van der Waals surface area contributed by atoms with Crippen molar-refractivity contribution in [2.24, 2.45) is 0 Å². The second-order valence-corrected chi connectivity index (χ2v) is 5.76. The molecule has 1 aromatic carbocycles. The lowest BCUT2D eigenvalue weighted by atomic mass is 10.1. The van der Waals surface area contributed by atoms with Gasteiger partial charge in [0.05, 0.1) is 25.4 Å². The largest absolute Gasteiger partial charge is 0.389 e. The lowest BCUT2D eigenvalue weighted by Crippen LogP contribution is -2.39. The SMILES string of the molecule is CN(Cc1csc2ccccc12)[C@@H]1COC[C@H]1O. The molecule has 2 heterocycles. The molecule has 4 heteroatoms. The third-order valence-electron chi connectivity index (χ3n) is 3.57. The summed E-state index contributed by atoms with van der Waals surface area (Å²) in [5.74, 6) is 0. The van der Waals surface area contributed by atoms with Crippen molar-refractivity contribution in [1.29, 1.82) is 0 Å².